The maximum absolute atomic E-state index is 13.0. The van der Waals surface area contributed by atoms with E-state index in [1.807, 2.05) is 77.1 Å². The molecule has 1 aliphatic rings. The lowest BCUT2D eigenvalue weighted by atomic mass is 10.00. The number of ether oxygens (including phenoxy) is 1. The average molecular weight is 471 g/mol. The van der Waals surface area contributed by atoms with Crippen LogP contribution in [0.25, 0.3) is 5.69 Å². The molecule has 0 spiro atoms. The van der Waals surface area contributed by atoms with Crippen LogP contribution in [0.5, 0.6) is 5.75 Å². The zero-order chi connectivity index (χ0) is 23.3. The number of aromatic nitrogens is 3. The van der Waals surface area contributed by atoms with Gasteiger partial charge in [-0.3, -0.25) is 9.36 Å². The van der Waals surface area contributed by atoms with Crippen molar-refractivity contribution in [2.75, 3.05) is 12.3 Å². The first-order valence-corrected chi connectivity index (χ1v) is 12.3. The van der Waals surface area contributed by atoms with Crippen molar-refractivity contribution >= 4 is 17.7 Å². The normalized spacial score (nSPS) is 12.9. The number of aryl methyl sites for hydroxylation is 1. The van der Waals surface area contributed by atoms with Crippen LogP contribution < -0.4 is 4.74 Å². The molecule has 5 rings (SSSR count). The third-order valence-electron chi connectivity index (χ3n) is 5.97. The first kappa shape index (κ1) is 22.2. The number of carbonyl (C=O) groups excluding carboxylic acids is 1. The Morgan fingerprint density at radius 1 is 0.941 bits per heavy atom. The van der Waals surface area contributed by atoms with Gasteiger partial charge in [0.15, 0.2) is 11.0 Å². The van der Waals surface area contributed by atoms with Crippen LogP contribution in [0.3, 0.4) is 0 Å². The molecule has 0 aliphatic carbocycles. The number of carbonyl (C=O) groups is 1. The standard InChI is InChI=1S/C27H26N4O2S/c1-20-9-5-8-14-24(20)33-18-25-28-29-27(31(25)23-12-3-2-4-13-23)34-19-26(32)30-16-15-21-10-6-7-11-22(21)17-30/h2-14H,15-19H2,1H3. The minimum Gasteiger partial charge on any atom is -0.485 e. The lowest BCUT2D eigenvalue weighted by molar-refractivity contribution is -0.129. The number of nitrogens with zero attached hydrogens (tertiary/aromatic N) is 4. The summed E-state index contributed by atoms with van der Waals surface area (Å²) in [5, 5.41) is 9.49. The van der Waals surface area contributed by atoms with Crippen molar-refractivity contribution in [1.29, 1.82) is 0 Å². The van der Waals surface area contributed by atoms with Crippen molar-refractivity contribution in [3.8, 4) is 11.4 Å². The van der Waals surface area contributed by atoms with Gasteiger partial charge in [0.2, 0.25) is 5.91 Å². The van der Waals surface area contributed by atoms with Crippen LogP contribution in [0.15, 0.2) is 84.0 Å². The van der Waals surface area contributed by atoms with E-state index in [2.05, 4.69) is 28.4 Å². The van der Waals surface area contributed by atoms with E-state index < -0.39 is 0 Å². The summed E-state index contributed by atoms with van der Waals surface area (Å²) in [5.41, 5.74) is 4.57. The van der Waals surface area contributed by atoms with Gasteiger partial charge in [0.25, 0.3) is 0 Å². The van der Waals surface area contributed by atoms with Gasteiger partial charge in [-0.25, -0.2) is 0 Å². The zero-order valence-electron chi connectivity index (χ0n) is 19.1. The molecule has 0 saturated heterocycles. The highest BCUT2D eigenvalue weighted by Gasteiger charge is 2.22. The predicted octanol–water partition coefficient (Wildman–Crippen LogP) is 4.83. The second-order valence-electron chi connectivity index (χ2n) is 8.25. The van der Waals surface area contributed by atoms with Crippen molar-refractivity contribution in [2.24, 2.45) is 0 Å². The van der Waals surface area contributed by atoms with E-state index in [9.17, 15) is 4.79 Å². The van der Waals surface area contributed by atoms with E-state index in [4.69, 9.17) is 4.74 Å². The molecule has 1 amide bonds. The fourth-order valence-electron chi connectivity index (χ4n) is 4.11. The topological polar surface area (TPSA) is 60.3 Å². The summed E-state index contributed by atoms with van der Waals surface area (Å²) < 4.78 is 8.02. The smallest absolute Gasteiger partial charge is 0.233 e. The Kier molecular flexibility index (Phi) is 6.62. The van der Waals surface area contributed by atoms with Crippen LogP contribution >= 0.6 is 11.8 Å². The highest BCUT2D eigenvalue weighted by Crippen LogP contribution is 2.25. The molecule has 1 aliphatic heterocycles. The van der Waals surface area contributed by atoms with E-state index >= 15 is 0 Å². The largest absolute Gasteiger partial charge is 0.485 e. The fraction of sp³-hybridized carbons (Fsp3) is 0.222. The van der Waals surface area contributed by atoms with E-state index in [1.165, 1.54) is 22.9 Å². The van der Waals surface area contributed by atoms with Crippen molar-refractivity contribution < 1.29 is 9.53 Å². The van der Waals surface area contributed by atoms with Gasteiger partial charge >= 0.3 is 0 Å². The molecule has 0 atom stereocenters. The molecule has 3 aromatic carbocycles. The summed E-state index contributed by atoms with van der Waals surface area (Å²) in [6.07, 6.45) is 0.896. The van der Waals surface area contributed by atoms with Crippen molar-refractivity contribution in [1.82, 2.24) is 19.7 Å². The van der Waals surface area contributed by atoms with Gasteiger partial charge in [0.1, 0.15) is 12.4 Å². The van der Waals surface area contributed by atoms with Crippen molar-refractivity contribution in [2.45, 2.75) is 31.7 Å². The Morgan fingerprint density at radius 2 is 1.68 bits per heavy atom. The number of thioether (sulfide) groups is 1. The van der Waals surface area contributed by atoms with Gasteiger partial charge in [-0.2, -0.15) is 0 Å². The second-order valence-corrected chi connectivity index (χ2v) is 9.19. The summed E-state index contributed by atoms with van der Waals surface area (Å²) in [5.74, 6) is 1.93. The second kappa shape index (κ2) is 10.1. The SMILES string of the molecule is Cc1ccccc1OCc1nnc(SCC(=O)N2CCc3ccccc3C2)n1-c1ccccc1. The Labute approximate surface area is 203 Å². The summed E-state index contributed by atoms with van der Waals surface area (Å²) in [6.45, 7) is 3.71. The predicted molar refractivity (Wildman–Crippen MR) is 133 cm³/mol. The van der Waals surface area contributed by atoms with E-state index in [-0.39, 0.29) is 12.5 Å². The van der Waals surface area contributed by atoms with Gasteiger partial charge < -0.3 is 9.64 Å². The molecule has 0 radical (unpaired) electrons. The summed E-state index contributed by atoms with van der Waals surface area (Å²) in [4.78, 5) is 14.9. The van der Waals surface area contributed by atoms with Crippen LogP contribution in [-0.4, -0.2) is 37.9 Å². The van der Waals surface area contributed by atoms with Crippen LogP contribution in [0, 0.1) is 6.92 Å². The maximum Gasteiger partial charge on any atom is 0.233 e. The molecule has 0 fully saturated rings. The Balaban J connectivity index is 1.31. The highest BCUT2D eigenvalue weighted by atomic mass is 32.2. The lowest BCUT2D eigenvalue weighted by Gasteiger charge is -2.28. The van der Waals surface area contributed by atoms with Crippen molar-refractivity contribution in [3.63, 3.8) is 0 Å². The molecule has 4 aromatic rings. The van der Waals surface area contributed by atoms with E-state index in [0.29, 0.717) is 23.3 Å². The monoisotopic (exact) mass is 470 g/mol. The summed E-state index contributed by atoms with van der Waals surface area (Å²) in [6, 6.07) is 26.2. The number of amides is 1. The quantitative estimate of drug-likeness (QED) is 0.362. The summed E-state index contributed by atoms with van der Waals surface area (Å²) >= 11 is 1.41. The molecule has 0 saturated carbocycles. The number of hydrogen-bond donors (Lipinski definition) is 0. The lowest BCUT2D eigenvalue weighted by Crippen LogP contribution is -2.37. The zero-order valence-corrected chi connectivity index (χ0v) is 19.9. The molecular formula is C27H26N4O2S. The minimum atomic E-state index is 0.111. The molecule has 1 aromatic heterocycles. The molecule has 0 N–H and O–H groups in total. The van der Waals surface area contributed by atoms with Gasteiger partial charge in [0.05, 0.1) is 5.75 Å². The van der Waals surface area contributed by atoms with E-state index in [0.717, 1.165) is 30.0 Å². The molecule has 172 valence electrons. The number of rotatable bonds is 7. The molecule has 7 heteroatoms. The van der Waals surface area contributed by atoms with Gasteiger partial charge in [-0.1, -0.05) is 72.4 Å². The minimum absolute atomic E-state index is 0.111. The first-order chi connectivity index (χ1) is 16.7. The first-order valence-electron chi connectivity index (χ1n) is 11.3. The number of fused-ring (bicyclic) bond motifs is 1. The fourth-order valence-corrected chi connectivity index (χ4v) is 4.98. The molecule has 6 nitrogen and oxygen atoms in total. The molecule has 34 heavy (non-hydrogen) atoms. The highest BCUT2D eigenvalue weighted by molar-refractivity contribution is 7.99. The Bertz CT molecular complexity index is 1290. The van der Waals surface area contributed by atoms with Crippen LogP contribution in [0.1, 0.15) is 22.5 Å². The average Bonchev–Trinajstić information content (AvgIpc) is 3.29. The summed E-state index contributed by atoms with van der Waals surface area (Å²) in [7, 11) is 0. The van der Waals surface area contributed by atoms with Gasteiger partial charge in [-0.05, 0) is 48.2 Å². The molecular weight excluding hydrogens is 444 g/mol. The number of hydrogen-bond acceptors (Lipinski definition) is 5. The van der Waals surface area contributed by atoms with Gasteiger partial charge in [-0.15, -0.1) is 10.2 Å². The number of benzene rings is 3. The Hall–Kier alpha value is -3.58. The maximum atomic E-state index is 13.0. The van der Waals surface area contributed by atoms with Gasteiger partial charge in [0, 0.05) is 18.8 Å². The van der Waals surface area contributed by atoms with Crippen LogP contribution in [0.4, 0.5) is 0 Å². The van der Waals surface area contributed by atoms with Crippen LogP contribution in [-0.2, 0) is 24.4 Å². The third-order valence-corrected chi connectivity index (χ3v) is 6.89. The Morgan fingerprint density at radius 3 is 2.50 bits per heavy atom. The molecule has 0 unspecified atom stereocenters. The van der Waals surface area contributed by atoms with E-state index in [1.54, 1.807) is 0 Å². The third kappa shape index (κ3) is 4.84. The van der Waals surface area contributed by atoms with Crippen molar-refractivity contribution in [3.05, 3.63) is 101 Å². The number of para-hydroxylation sites is 2. The molecule has 0 bridgehead atoms. The van der Waals surface area contributed by atoms with Crippen LogP contribution in [0.2, 0.25) is 0 Å². The molecule has 2 heterocycles.